The van der Waals surface area contributed by atoms with E-state index in [0.29, 0.717) is 44.9 Å². The lowest BCUT2D eigenvalue weighted by atomic mass is 9.83. The molecule has 3 fully saturated rings. The molecule has 1 aromatic carbocycles. The predicted octanol–water partition coefficient (Wildman–Crippen LogP) is 2.36. The van der Waals surface area contributed by atoms with Crippen LogP contribution in [0.1, 0.15) is 31.2 Å². The van der Waals surface area contributed by atoms with Crippen molar-refractivity contribution in [3.8, 4) is 0 Å². The first-order valence-electron chi connectivity index (χ1n) is 10.6. The van der Waals surface area contributed by atoms with Crippen LogP contribution in [0.25, 0.3) is 0 Å². The Morgan fingerprint density at radius 2 is 1.59 bits per heavy atom. The van der Waals surface area contributed by atoms with Gasteiger partial charge >= 0.3 is 6.09 Å². The van der Waals surface area contributed by atoms with Crippen molar-refractivity contribution in [2.24, 2.45) is 5.92 Å². The molecule has 0 unspecified atom stereocenters. The zero-order valence-corrected chi connectivity index (χ0v) is 16.8. The van der Waals surface area contributed by atoms with Gasteiger partial charge in [0.25, 0.3) is 0 Å². The molecule has 29 heavy (non-hydrogen) atoms. The highest BCUT2D eigenvalue weighted by atomic mass is 16.6. The predicted molar refractivity (Wildman–Crippen MR) is 105 cm³/mol. The Balaban J connectivity index is 0.979. The van der Waals surface area contributed by atoms with Crippen LogP contribution in [0.2, 0.25) is 0 Å². The molecule has 0 bridgehead atoms. The van der Waals surface area contributed by atoms with Crippen LogP contribution in [-0.4, -0.2) is 73.4 Å². The van der Waals surface area contributed by atoms with Crippen LogP contribution < -0.4 is 0 Å². The van der Waals surface area contributed by atoms with E-state index in [1.54, 1.807) is 4.90 Å². The summed E-state index contributed by atoms with van der Waals surface area (Å²) in [5.41, 5.74) is 0.990. The molecule has 0 aromatic heterocycles. The summed E-state index contributed by atoms with van der Waals surface area (Å²) in [5.74, 6) is 0.543. The van der Waals surface area contributed by atoms with Gasteiger partial charge in [-0.25, -0.2) is 4.79 Å². The van der Waals surface area contributed by atoms with Crippen LogP contribution in [0.15, 0.2) is 30.3 Å². The van der Waals surface area contributed by atoms with Crippen molar-refractivity contribution in [3.05, 3.63) is 35.9 Å². The molecule has 2 saturated carbocycles. The number of benzene rings is 1. The number of hydrogen-bond donors (Lipinski definition) is 1. The van der Waals surface area contributed by atoms with Gasteiger partial charge in [0.1, 0.15) is 6.61 Å². The van der Waals surface area contributed by atoms with Gasteiger partial charge in [-0.05, 0) is 37.2 Å². The van der Waals surface area contributed by atoms with E-state index in [4.69, 9.17) is 18.9 Å². The van der Waals surface area contributed by atoms with Crippen molar-refractivity contribution in [3.63, 3.8) is 0 Å². The van der Waals surface area contributed by atoms with Gasteiger partial charge in [0.15, 0.2) is 0 Å². The average Bonchev–Trinajstić information content (AvgIpc) is 2.64. The van der Waals surface area contributed by atoms with E-state index in [2.05, 4.69) is 0 Å². The Kier molecular flexibility index (Phi) is 7.02. The van der Waals surface area contributed by atoms with Gasteiger partial charge in [-0.3, -0.25) is 0 Å². The zero-order valence-electron chi connectivity index (χ0n) is 16.8. The Labute approximate surface area is 171 Å². The third-order valence-electron chi connectivity index (χ3n) is 5.93. The number of amides is 1. The van der Waals surface area contributed by atoms with Gasteiger partial charge in [0.2, 0.25) is 0 Å². The van der Waals surface area contributed by atoms with E-state index in [0.717, 1.165) is 37.9 Å². The van der Waals surface area contributed by atoms with Crippen molar-refractivity contribution in [1.29, 1.82) is 0 Å². The van der Waals surface area contributed by atoms with Gasteiger partial charge < -0.3 is 29.0 Å². The molecule has 0 spiro atoms. The maximum Gasteiger partial charge on any atom is 0.410 e. The summed E-state index contributed by atoms with van der Waals surface area (Å²) in [7, 11) is 0. The number of carbonyl (C=O) groups is 1. The summed E-state index contributed by atoms with van der Waals surface area (Å²) < 4.78 is 22.6. The number of rotatable bonds is 10. The third-order valence-corrected chi connectivity index (χ3v) is 5.93. The summed E-state index contributed by atoms with van der Waals surface area (Å²) in [6, 6.07) is 9.69. The van der Waals surface area contributed by atoms with E-state index in [1.165, 1.54) is 0 Å². The van der Waals surface area contributed by atoms with Gasteiger partial charge in [-0.1, -0.05) is 30.3 Å². The van der Waals surface area contributed by atoms with E-state index in [-0.39, 0.29) is 24.4 Å². The second-order valence-electron chi connectivity index (χ2n) is 8.35. The van der Waals surface area contributed by atoms with Crippen LogP contribution in [0.5, 0.6) is 0 Å². The largest absolute Gasteiger partial charge is 0.445 e. The van der Waals surface area contributed by atoms with Gasteiger partial charge in [-0.2, -0.15) is 0 Å². The van der Waals surface area contributed by atoms with Crippen molar-refractivity contribution < 1.29 is 28.8 Å². The van der Waals surface area contributed by atoms with E-state index in [1.807, 2.05) is 30.3 Å². The molecule has 3 aliphatic rings. The molecule has 160 valence electrons. The Bertz CT molecular complexity index is 638. The maximum absolute atomic E-state index is 12.0. The molecular weight excluding hydrogens is 374 g/mol. The monoisotopic (exact) mass is 405 g/mol. The Hall–Kier alpha value is -1.67. The number of aliphatic hydroxyl groups is 1. The van der Waals surface area contributed by atoms with Crippen LogP contribution in [0.4, 0.5) is 4.79 Å². The van der Waals surface area contributed by atoms with Gasteiger partial charge in [0, 0.05) is 0 Å². The zero-order chi connectivity index (χ0) is 20.1. The number of nitrogens with zero attached hydrogens (tertiary/aromatic N) is 1. The minimum atomic E-state index is -0.274. The third kappa shape index (κ3) is 5.92. The Morgan fingerprint density at radius 1 is 0.931 bits per heavy atom. The molecule has 0 atom stereocenters. The number of ether oxygens (including phenoxy) is 4. The molecule has 1 aromatic rings. The fourth-order valence-electron chi connectivity index (χ4n) is 3.83. The smallest absolute Gasteiger partial charge is 0.410 e. The average molecular weight is 405 g/mol. The topological polar surface area (TPSA) is 77.5 Å². The van der Waals surface area contributed by atoms with Crippen molar-refractivity contribution in [2.75, 3.05) is 32.9 Å². The van der Waals surface area contributed by atoms with Crippen LogP contribution in [-0.2, 0) is 25.6 Å². The molecule has 2 aliphatic carbocycles. The summed E-state index contributed by atoms with van der Waals surface area (Å²) in [6.07, 6.45) is 3.76. The molecular formula is C22H31NO6. The van der Waals surface area contributed by atoms with E-state index in [9.17, 15) is 9.90 Å². The molecule has 4 rings (SSSR count). The lowest BCUT2D eigenvalue weighted by Gasteiger charge is -2.41. The minimum Gasteiger partial charge on any atom is -0.445 e. The molecule has 1 aliphatic heterocycles. The highest BCUT2D eigenvalue weighted by molar-refractivity contribution is 5.68. The SMILES string of the molecule is O=C(OCc1ccccc1)N1CC(OCC2CC(OCCOC3CC(O)C3)C2)C1. The summed E-state index contributed by atoms with van der Waals surface area (Å²) in [6.45, 7) is 3.47. The molecule has 1 N–H and O–H groups in total. The molecule has 7 nitrogen and oxygen atoms in total. The summed E-state index contributed by atoms with van der Waals surface area (Å²) >= 11 is 0. The number of likely N-dealkylation sites (tertiary alicyclic amines) is 1. The quantitative estimate of drug-likeness (QED) is 0.602. The van der Waals surface area contributed by atoms with E-state index < -0.39 is 0 Å². The summed E-state index contributed by atoms with van der Waals surface area (Å²) in [5, 5.41) is 9.21. The highest BCUT2D eigenvalue weighted by Crippen LogP contribution is 2.31. The van der Waals surface area contributed by atoms with Gasteiger partial charge in [-0.15, -0.1) is 0 Å². The van der Waals surface area contributed by atoms with Crippen molar-refractivity contribution >= 4 is 6.09 Å². The molecule has 1 amide bonds. The molecule has 1 heterocycles. The fourth-order valence-corrected chi connectivity index (χ4v) is 3.83. The van der Waals surface area contributed by atoms with Gasteiger partial charge in [0.05, 0.1) is 57.3 Å². The summed E-state index contributed by atoms with van der Waals surface area (Å²) in [4.78, 5) is 13.7. The first kappa shape index (κ1) is 20.6. The highest BCUT2D eigenvalue weighted by Gasteiger charge is 2.35. The molecule has 0 radical (unpaired) electrons. The number of carbonyl (C=O) groups excluding carboxylic acids is 1. The lowest BCUT2D eigenvalue weighted by Crippen LogP contribution is -2.55. The minimum absolute atomic E-state index is 0.116. The van der Waals surface area contributed by atoms with Crippen LogP contribution in [0.3, 0.4) is 0 Å². The first-order valence-corrected chi connectivity index (χ1v) is 10.6. The number of hydrogen-bond acceptors (Lipinski definition) is 6. The molecule has 7 heteroatoms. The van der Waals surface area contributed by atoms with Crippen molar-refractivity contribution in [2.45, 2.75) is 56.7 Å². The second kappa shape index (κ2) is 9.89. The fraction of sp³-hybridized carbons (Fsp3) is 0.682. The Morgan fingerprint density at radius 3 is 2.24 bits per heavy atom. The number of aliphatic hydroxyl groups excluding tert-OH is 1. The lowest BCUT2D eigenvalue weighted by molar-refractivity contribution is -0.118. The van der Waals surface area contributed by atoms with Crippen LogP contribution in [0, 0.1) is 5.92 Å². The van der Waals surface area contributed by atoms with Crippen molar-refractivity contribution in [1.82, 2.24) is 4.90 Å². The van der Waals surface area contributed by atoms with E-state index >= 15 is 0 Å². The standard InChI is InChI=1S/C22H31NO6/c24-18-10-20(11-18)27-7-6-26-19-8-17(9-19)15-28-21-12-23(13-21)22(25)29-14-16-4-2-1-3-5-16/h1-5,17-21,24H,6-15H2. The first-order chi connectivity index (χ1) is 14.2. The normalized spacial score (nSPS) is 28.9. The second-order valence-corrected chi connectivity index (χ2v) is 8.35. The maximum atomic E-state index is 12.0. The van der Waals surface area contributed by atoms with Crippen LogP contribution >= 0.6 is 0 Å². The molecule has 1 saturated heterocycles.